The van der Waals surface area contributed by atoms with E-state index in [1.54, 1.807) is 30.1 Å². The molecule has 7 heteroatoms. The van der Waals surface area contributed by atoms with Crippen molar-refractivity contribution in [3.05, 3.63) is 78.1 Å². The summed E-state index contributed by atoms with van der Waals surface area (Å²) in [5.74, 6) is 0.269. The number of carbonyl (C=O) groups is 1. The molecule has 1 amide bonds. The van der Waals surface area contributed by atoms with Crippen LogP contribution >= 0.6 is 0 Å². The van der Waals surface area contributed by atoms with E-state index in [1.807, 2.05) is 18.2 Å². The second kappa shape index (κ2) is 9.09. The maximum atomic E-state index is 13.2. The summed E-state index contributed by atoms with van der Waals surface area (Å²) in [4.78, 5) is 19.5. The number of hydrogen-bond acceptors (Lipinski definition) is 4. The molecule has 1 aliphatic heterocycles. The molecule has 3 aromatic rings. The molecule has 1 atom stereocenters. The van der Waals surface area contributed by atoms with E-state index in [9.17, 15) is 9.18 Å². The summed E-state index contributed by atoms with van der Waals surface area (Å²) < 4.78 is 20.5. The number of nitrogens with zero attached hydrogens (tertiary/aromatic N) is 3. The third-order valence-corrected chi connectivity index (χ3v) is 5.51. The Hall–Kier alpha value is -3.19. The molecule has 0 unspecified atom stereocenters. The highest BCUT2D eigenvalue weighted by atomic mass is 19.1. The van der Waals surface area contributed by atoms with Gasteiger partial charge in [-0.05, 0) is 56.3 Å². The number of likely N-dealkylation sites (tertiary alicyclic amines) is 1. The van der Waals surface area contributed by atoms with Gasteiger partial charge in [0.25, 0.3) is 5.91 Å². The van der Waals surface area contributed by atoms with Gasteiger partial charge < -0.3 is 10.1 Å². The quantitative estimate of drug-likeness (QED) is 0.649. The van der Waals surface area contributed by atoms with E-state index in [2.05, 4.69) is 21.3 Å². The van der Waals surface area contributed by atoms with Crippen molar-refractivity contribution < 1.29 is 13.9 Å². The third kappa shape index (κ3) is 4.21. The average molecular weight is 408 g/mol. The number of methoxy groups -OCH3 is 1. The normalized spacial score (nSPS) is 15.1. The lowest BCUT2D eigenvalue weighted by atomic mass is 10.0. The number of nitrogens with one attached hydrogen (secondary N) is 1. The molecule has 1 saturated heterocycles. The Morgan fingerprint density at radius 3 is 2.63 bits per heavy atom. The molecule has 1 aliphatic rings. The molecule has 30 heavy (non-hydrogen) atoms. The van der Waals surface area contributed by atoms with Crippen LogP contribution in [0.25, 0.3) is 5.69 Å². The maximum absolute atomic E-state index is 13.2. The standard InChI is InChI=1S/C23H25FN4O2/c1-30-22-7-3-2-6-19(22)20(27-12-4-5-13-27)15-26-23(29)21-14-25-16-28(21)18-10-8-17(24)9-11-18/h2-3,6-11,14,16,20H,4-5,12-13,15H2,1H3,(H,26,29)/t20-/m0/s1. The fraction of sp³-hybridized carbons (Fsp3) is 0.304. The summed E-state index contributed by atoms with van der Waals surface area (Å²) in [6, 6.07) is 13.9. The number of para-hydroxylation sites is 1. The van der Waals surface area contributed by atoms with E-state index < -0.39 is 0 Å². The van der Waals surface area contributed by atoms with Gasteiger partial charge in [-0.3, -0.25) is 14.3 Å². The average Bonchev–Trinajstić information content (AvgIpc) is 3.47. The van der Waals surface area contributed by atoms with Crippen LogP contribution in [0.1, 0.15) is 34.9 Å². The Bertz CT molecular complexity index is 996. The van der Waals surface area contributed by atoms with Gasteiger partial charge in [0.1, 0.15) is 17.3 Å². The molecule has 0 radical (unpaired) electrons. The van der Waals surface area contributed by atoms with Gasteiger partial charge in [0, 0.05) is 17.8 Å². The minimum Gasteiger partial charge on any atom is -0.496 e. The number of halogens is 1. The van der Waals surface area contributed by atoms with Gasteiger partial charge in [-0.25, -0.2) is 9.37 Å². The van der Waals surface area contributed by atoms with E-state index in [0.717, 1.165) is 37.2 Å². The SMILES string of the molecule is COc1ccccc1[C@H](CNC(=O)c1cncn1-c1ccc(F)cc1)N1CCCC1. The van der Waals surface area contributed by atoms with Crippen LogP contribution in [0.15, 0.2) is 61.1 Å². The number of ether oxygens (including phenoxy) is 1. The number of imidazole rings is 1. The van der Waals surface area contributed by atoms with Crippen LogP contribution in [0.4, 0.5) is 4.39 Å². The van der Waals surface area contributed by atoms with Gasteiger partial charge in [-0.1, -0.05) is 18.2 Å². The summed E-state index contributed by atoms with van der Waals surface area (Å²) in [6.07, 6.45) is 5.38. The van der Waals surface area contributed by atoms with Crippen LogP contribution in [0.2, 0.25) is 0 Å². The third-order valence-electron chi connectivity index (χ3n) is 5.51. The highest BCUT2D eigenvalue weighted by Gasteiger charge is 2.27. The molecule has 6 nitrogen and oxygen atoms in total. The lowest BCUT2D eigenvalue weighted by molar-refractivity contribution is 0.0930. The van der Waals surface area contributed by atoms with Crippen molar-refractivity contribution in [3.8, 4) is 11.4 Å². The van der Waals surface area contributed by atoms with Gasteiger partial charge in [-0.15, -0.1) is 0 Å². The molecule has 0 spiro atoms. The van der Waals surface area contributed by atoms with Gasteiger partial charge in [0.15, 0.2) is 0 Å². The zero-order chi connectivity index (χ0) is 20.9. The Morgan fingerprint density at radius 2 is 1.90 bits per heavy atom. The summed E-state index contributed by atoms with van der Waals surface area (Å²) in [5, 5.41) is 3.06. The van der Waals surface area contributed by atoms with Gasteiger partial charge >= 0.3 is 0 Å². The highest BCUT2D eigenvalue weighted by Crippen LogP contribution is 2.31. The first-order valence-corrected chi connectivity index (χ1v) is 10.1. The van der Waals surface area contributed by atoms with Crippen LogP contribution < -0.4 is 10.1 Å². The van der Waals surface area contributed by atoms with Crippen molar-refractivity contribution in [2.45, 2.75) is 18.9 Å². The second-order valence-electron chi connectivity index (χ2n) is 7.34. The van der Waals surface area contributed by atoms with Gasteiger partial charge in [-0.2, -0.15) is 0 Å². The number of hydrogen-bond donors (Lipinski definition) is 1. The van der Waals surface area contributed by atoms with E-state index in [0.29, 0.717) is 17.9 Å². The smallest absolute Gasteiger partial charge is 0.269 e. The zero-order valence-corrected chi connectivity index (χ0v) is 16.9. The predicted molar refractivity (Wildman–Crippen MR) is 112 cm³/mol. The van der Waals surface area contributed by atoms with Crippen molar-refractivity contribution >= 4 is 5.91 Å². The summed E-state index contributed by atoms with van der Waals surface area (Å²) in [7, 11) is 1.67. The largest absolute Gasteiger partial charge is 0.496 e. The lowest BCUT2D eigenvalue weighted by Crippen LogP contribution is -2.37. The Balaban J connectivity index is 1.54. The molecule has 0 bridgehead atoms. The number of amides is 1. The number of aromatic nitrogens is 2. The first-order valence-electron chi connectivity index (χ1n) is 10.1. The van der Waals surface area contributed by atoms with Crippen LogP contribution in [-0.2, 0) is 0 Å². The minimum absolute atomic E-state index is 0.0230. The molecule has 2 heterocycles. The lowest BCUT2D eigenvalue weighted by Gasteiger charge is -2.29. The van der Waals surface area contributed by atoms with Gasteiger partial charge in [0.2, 0.25) is 0 Å². The number of rotatable bonds is 7. The molecule has 1 fully saturated rings. The van der Waals surface area contributed by atoms with E-state index >= 15 is 0 Å². The van der Waals surface area contributed by atoms with E-state index in [1.165, 1.54) is 18.3 Å². The van der Waals surface area contributed by atoms with Crippen LogP contribution in [0, 0.1) is 5.82 Å². The van der Waals surface area contributed by atoms with Crippen LogP contribution in [0.3, 0.4) is 0 Å². The molecule has 4 rings (SSSR count). The molecule has 0 saturated carbocycles. The van der Waals surface area contributed by atoms with Crippen molar-refractivity contribution in [2.24, 2.45) is 0 Å². The Kier molecular flexibility index (Phi) is 6.09. The first kappa shape index (κ1) is 20.1. The van der Waals surface area contributed by atoms with E-state index in [4.69, 9.17) is 4.74 Å². The molecule has 2 aromatic carbocycles. The molecule has 0 aliphatic carbocycles. The summed E-state index contributed by atoms with van der Waals surface area (Å²) in [5.41, 5.74) is 2.15. The molecule has 1 aromatic heterocycles. The fourth-order valence-corrected chi connectivity index (χ4v) is 3.98. The van der Waals surface area contributed by atoms with Crippen LogP contribution in [0.5, 0.6) is 5.75 Å². The van der Waals surface area contributed by atoms with Crippen LogP contribution in [-0.4, -0.2) is 47.1 Å². The molecular formula is C23H25FN4O2. The summed E-state index contributed by atoms with van der Waals surface area (Å²) in [6.45, 7) is 2.44. The maximum Gasteiger partial charge on any atom is 0.269 e. The summed E-state index contributed by atoms with van der Waals surface area (Å²) >= 11 is 0. The Labute approximate surface area is 175 Å². The van der Waals surface area contributed by atoms with Crippen molar-refractivity contribution in [1.29, 1.82) is 0 Å². The highest BCUT2D eigenvalue weighted by molar-refractivity contribution is 5.93. The zero-order valence-electron chi connectivity index (χ0n) is 16.9. The molecular weight excluding hydrogens is 383 g/mol. The van der Waals surface area contributed by atoms with Crippen molar-refractivity contribution in [1.82, 2.24) is 19.8 Å². The predicted octanol–water partition coefficient (Wildman–Crippen LogP) is 3.59. The van der Waals surface area contributed by atoms with Crippen molar-refractivity contribution in [3.63, 3.8) is 0 Å². The topological polar surface area (TPSA) is 59.4 Å². The number of carbonyl (C=O) groups excluding carboxylic acids is 1. The second-order valence-corrected chi connectivity index (χ2v) is 7.34. The first-order chi connectivity index (χ1) is 14.7. The Morgan fingerprint density at radius 1 is 1.17 bits per heavy atom. The molecule has 156 valence electrons. The fourth-order valence-electron chi connectivity index (χ4n) is 3.98. The van der Waals surface area contributed by atoms with E-state index in [-0.39, 0.29) is 17.8 Å². The minimum atomic E-state index is -0.324. The monoisotopic (exact) mass is 408 g/mol. The molecule has 1 N–H and O–H groups in total. The number of benzene rings is 2. The van der Waals surface area contributed by atoms with Crippen molar-refractivity contribution in [2.75, 3.05) is 26.7 Å². The van der Waals surface area contributed by atoms with Gasteiger partial charge in [0.05, 0.1) is 25.7 Å².